The van der Waals surface area contributed by atoms with Crippen molar-refractivity contribution in [2.75, 3.05) is 18.5 Å². The number of likely N-dealkylation sites (N-methyl/N-ethyl adjacent to an activating group) is 1. The number of carbonyl (C=O) groups is 1. The zero-order chi connectivity index (χ0) is 14.8. The summed E-state index contributed by atoms with van der Waals surface area (Å²) in [5, 5.41) is 12.7. The smallest absolute Gasteiger partial charge is 0.306 e. The number of aliphatic carboxylic acids is 1. The first kappa shape index (κ1) is 14.4. The Morgan fingerprint density at radius 2 is 2.29 bits per heavy atom. The lowest BCUT2D eigenvalue weighted by Crippen LogP contribution is -2.36. The number of hydrogen-bond acceptors (Lipinski definition) is 3. The van der Waals surface area contributed by atoms with Gasteiger partial charge in [-0.25, -0.2) is 0 Å². The number of nitrogens with one attached hydrogen (secondary N) is 1. The molecule has 1 aliphatic carbocycles. The first-order chi connectivity index (χ1) is 10.1. The van der Waals surface area contributed by atoms with E-state index in [4.69, 9.17) is 5.11 Å². The molecule has 1 aromatic rings. The van der Waals surface area contributed by atoms with Gasteiger partial charge in [-0.15, -0.1) is 0 Å². The number of fused-ring (bicyclic) bond motifs is 1. The Morgan fingerprint density at radius 1 is 1.43 bits per heavy atom. The fourth-order valence-electron chi connectivity index (χ4n) is 3.59. The Bertz CT molecular complexity index is 530. The van der Waals surface area contributed by atoms with Crippen molar-refractivity contribution in [3.63, 3.8) is 0 Å². The molecule has 3 rings (SSSR count). The zero-order valence-corrected chi connectivity index (χ0v) is 12.6. The van der Waals surface area contributed by atoms with Crippen molar-refractivity contribution in [1.82, 2.24) is 5.32 Å². The van der Waals surface area contributed by atoms with Crippen molar-refractivity contribution in [2.45, 2.75) is 44.7 Å². The average Bonchev–Trinajstić information content (AvgIpc) is 2.86. The predicted molar refractivity (Wildman–Crippen MR) is 83.6 cm³/mol. The number of nitrogens with zero attached hydrogens (tertiary/aromatic N) is 1. The highest BCUT2D eigenvalue weighted by atomic mass is 16.4. The lowest BCUT2D eigenvalue weighted by atomic mass is 9.85. The van der Waals surface area contributed by atoms with Crippen LogP contribution >= 0.6 is 0 Å². The molecule has 1 saturated carbocycles. The second-order valence-electron chi connectivity index (χ2n) is 6.41. The molecule has 114 valence electrons. The SMILES string of the molecule is CN1CCc2cc(CNC3CCCC(C(=O)O)C3)ccc21. The first-order valence-corrected chi connectivity index (χ1v) is 7.92. The Balaban J connectivity index is 1.57. The summed E-state index contributed by atoms with van der Waals surface area (Å²) in [5.74, 6) is -0.799. The lowest BCUT2D eigenvalue weighted by Gasteiger charge is -2.27. The molecule has 0 amide bonds. The number of carboxylic acids is 1. The van der Waals surface area contributed by atoms with Crippen LogP contribution in [-0.4, -0.2) is 30.7 Å². The lowest BCUT2D eigenvalue weighted by molar-refractivity contribution is -0.143. The minimum atomic E-state index is -0.637. The molecule has 0 radical (unpaired) electrons. The van der Waals surface area contributed by atoms with Crippen molar-refractivity contribution in [3.05, 3.63) is 29.3 Å². The summed E-state index contributed by atoms with van der Waals surface area (Å²) in [4.78, 5) is 13.4. The van der Waals surface area contributed by atoms with Gasteiger partial charge in [-0.1, -0.05) is 18.6 Å². The third kappa shape index (κ3) is 3.21. The van der Waals surface area contributed by atoms with Crippen LogP contribution < -0.4 is 10.2 Å². The van der Waals surface area contributed by atoms with E-state index in [2.05, 4.69) is 35.5 Å². The van der Waals surface area contributed by atoms with Crippen molar-refractivity contribution in [3.8, 4) is 0 Å². The number of anilines is 1. The largest absolute Gasteiger partial charge is 0.481 e. The van der Waals surface area contributed by atoms with Crippen molar-refractivity contribution in [1.29, 1.82) is 0 Å². The highest BCUT2D eigenvalue weighted by Crippen LogP contribution is 2.28. The van der Waals surface area contributed by atoms with Gasteiger partial charge in [0.2, 0.25) is 0 Å². The van der Waals surface area contributed by atoms with Crippen LogP contribution in [0, 0.1) is 5.92 Å². The van der Waals surface area contributed by atoms with Crippen LogP contribution in [-0.2, 0) is 17.8 Å². The molecule has 0 aromatic heterocycles. The van der Waals surface area contributed by atoms with Crippen molar-refractivity contribution >= 4 is 11.7 Å². The Labute approximate surface area is 126 Å². The molecule has 0 spiro atoms. The van der Waals surface area contributed by atoms with Gasteiger partial charge >= 0.3 is 5.97 Å². The molecule has 21 heavy (non-hydrogen) atoms. The van der Waals surface area contributed by atoms with Gasteiger partial charge in [-0.2, -0.15) is 0 Å². The van der Waals surface area contributed by atoms with Gasteiger partial charge in [0.15, 0.2) is 0 Å². The maximum absolute atomic E-state index is 11.1. The molecular formula is C17H24N2O2. The van der Waals surface area contributed by atoms with Crippen LogP contribution in [0.3, 0.4) is 0 Å². The summed E-state index contributed by atoms with van der Waals surface area (Å²) in [7, 11) is 2.14. The maximum Gasteiger partial charge on any atom is 0.306 e. The van der Waals surface area contributed by atoms with Gasteiger partial charge in [0, 0.05) is 31.9 Å². The normalized spacial score (nSPS) is 24.9. The van der Waals surface area contributed by atoms with Crippen molar-refractivity contribution in [2.24, 2.45) is 5.92 Å². The summed E-state index contributed by atoms with van der Waals surface area (Å²) in [6, 6.07) is 7.03. The van der Waals surface area contributed by atoms with E-state index in [1.807, 2.05) is 0 Å². The second kappa shape index (κ2) is 6.06. The van der Waals surface area contributed by atoms with Gasteiger partial charge in [0.25, 0.3) is 0 Å². The van der Waals surface area contributed by atoms with Crippen LogP contribution in [0.15, 0.2) is 18.2 Å². The molecule has 0 saturated heterocycles. The van der Waals surface area contributed by atoms with Gasteiger partial charge in [-0.05, 0) is 42.9 Å². The number of benzene rings is 1. The second-order valence-corrected chi connectivity index (χ2v) is 6.41. The standard InChI is InChI=1S/C17H24N2O2/c1-19-8-7-13-9-12(5-6-16(13)19)11-18-15-4-2-3-14(10-15)17(20)21/h5-6,9,14-15,18H,2-4,7-8,10-11H2,1H3,(H,20,21). The Kier molecular flexibility index (Phi) is 4.15. The van der Waals surface area contributed by atoms with Crippen LogP contribution in [0.1, 0.15) is 36.8 Å². The van der Waals surface area contributed by atoms with Gasteiger partial charge in [0.1, 0.15) is 0 Å². The maximum atomic E-state index is 11.1. The molecule has 1 aromatic carbocycles. The van der Waals surface area contributed by atoms with E-state index in [1.54, 1.807) is 0 Å². The molecular weight excluding hydrogens is 264 g/mol. The van der Waals surface area contributed by atoms with Crippen LogP contribution in [0.2, 0.25) is 0 Å². The summed E-state index contributed by atoms with van der Waals surface area (Å²) >= 11 is 0. The third-order valence-electron chi connectivity index (χ3n) is 4.89. The monoisotopic (exact) mass is 288 g/mol. The van der Waals surface area contributed by atoms with E-state index in [0.717, 1.165) is 45.2 Å². The van der Waals surface area contributed by atoms with Crippen LogP contribution in [0.4, 0.5) is 5.69 Å². The minimum Gasteiger partial charge on any atom is -0.481 e. The fourth-order valence-corrected chi connectivity index (χ4v) is 3.59. The number of rotatable bonds is 4. The average molecular weight is 288 g/mol. The molecule has 2 N–H and O–H groups in total. The van der Waals surface area contributed by atoms with Crippen LogP contribution in [0.5, 0.6) is 0 Å². The third-order valence-corrected chi connectivity index (χ3v) is 4.89. The van der Waals surface area contributed by atoms with E-state index >= 15 is 0 Å². The summed E-state index contributed by atoms with van der Waals surface area (Å²) in [6.07, 6.45) is 4.84. The molecule has 2 unspecified atom stereocenters. The molecule has 2 atom stereocenters. The topological polar surface area (TPSA) is 52.6 Å². The van der Waals surface area contributed by atoms with Gasteiger partial charge < -0.3 is 15.3 Å². The van der Waals surface area contributed by atoms with E-state index in [0.29, 0.717) is 6.04 Å². The molecule has 1 fully saturated rings. The molecule has 1 heterocycles. The summed E-state index contributed by atoms with van der Waals surface area (Å²) in [5.41, 5.74) is 4.09. The van der Waals surface area contributed by atoms with E-state index in [1.165, 1.54) is 16.8 Å². The van der Waals surface area contributed by atoms with Gasteiger partial charge in [0.05, 0.1) is 5.92 Å². The van der Waals surface area contributed by atoms with E-state index < -0.39 is 5.97 Å². The molecule has 4 nitrogen and oxygen atoms in total. The fraction of sp³-hybridized carbons (Fsp3) is 0.588. The van der Waals surface area contributed by atoms with Gasteiger partial charge in [-0.3, -0.25) is 4.79 Å². The first-order valence-electron chi connectivity index (χ1n) is 7.92. The van der Waals surface area contributed by atoms with Crippen LogP contribution in [0.25, 0.3) is 0 Å². The Hall–Kier alpha value is -1.55. The molecule has 1 aliphatic heterocycles. The summed E-state index contributed by atoms with van der Waals surface area (Å²) < 4.78 is 0. The Morgan fingerprint density at radius 3 is 3.10 bits per heavy atom. The summed E-state index contributed by atoms with van der Waals surface area (Å²) in [6.45, 7) is 1.95. The van der Waals surface area contributed by atoms with E-state index in [9.17, 15) is 4.79 Å². The molecule has 4 heteroatoms. The highest BCUT2D eigenvalue weighted by Gasteiger charge is 2.26. The molecule has 0 bridgehead atoms. The quantitative estimate of drug-likeness (QED) is 0.893. The zero-order valence-electron chi connectivity index (χ0n) is 12.6. The number of hydrogen-bond donors (Lipinski definition) is 2. The minimum absolute atomic E-state index is 0.162. The molecule has 2 aliphatic rings. The highest BCUT2D eigenvalue weighted by molar-refractivity contribution is 5.70. The van der Waals surface area contributed by atoms with E-state index in [-0.39, 0.29) is 5.92 Å². The number of carboxylic acid groups (broad SMARTS) is 1. The van der Waals surface area contributed by atoms with Crippen molar-refractivity contribution < 1.29 is 9.90 Å². The predicted octanol–water partition coefficient (Wildman–Crippen LogP) is 2.41.